The Labute approximate surface area is 99.1 Å². The van der Waals surface area contributed by atoms with Crippen LogP contribution in [0.3, 0.4) is 0 Å². The fourth-order valence-corrected chi connectivity index (χ4v) is 1.80. The van der Waals surface area contributed by atoms with E-state index in [1.54, 1.807) is 11.4 Å². The van der Waals surface area contributed by atoms with Gasteiger partial charge in [-0.25, -0.2) is 0 Å². The molecule has 0 atom stereocenters. The van der Waals surface area contributed by atoms with Gasteiger partial charge in [0.25, 0.3) is 5.91 Å². The number of carbonyl (C=O) groups excluding carboxylic acids is 1. The average molecular weight is 240 g/mol. The Bertz CT molecular complexity index is 374. The molecule has 1 aromatic rings. The second-order valence-corrected chi connectivity index (χ2v) is 4.39. The van der Waals surface area contributed by atoms with Gasteiger partial charge in [-0.1, -0.05) is 12.2 Å². The van der Waals surface area contributed by atoms with E-state index in [4.69, 9.17) is 10.5 Å². The van der Waals surface area contributed by atoms with E-state index in [0.717, 1.165) is 5.57 Å². The van der Waals surface area contributed by atoms with Crippen LogP contribution in [-0.4, -0.2) is 25.7 Å². The average Bonchev–Trinajstić information content (AvgIpc) is 2.63. The largest absolute Gasteiger partial charge is 0.397 e. The van der Waals surface area contributed by atoms with Crippen LogP contribution in [0.4, 0.5) is 5.69 Å². The number of nitrogen functional groups attached to an aromatic ring is 1. The van der Waals surface area contributed by atoms with Gasteiger partial charge in [-0.2, -0.15) is 0 Å². The smallest absolute Gasteiger partial charge is 0.263 e. The van der Waals surface area contributed by atoms with Crippen molar-refractivity contribution < 1.29 is 9.53 Å². The Balaban J connectivity index is 2.21. The molecule has 0 radical (unpaired) electrons. The molecule has 1 amide bonds. The van der Waals surface area contributed by atoms with Crippen molar-refractivity contribution in [2.45, 2.75) is 6.92 Å². The molecule has 3 N–H and O–H groups in total. The standard InChI is InChI=1S/C11H16N2O2S/c1-8(2)7-15-5-4-13-11(14)10-9(12)3-6-16-10/h3,6H,1,4-5,7,12H2,2H3,(H,13,14). The van der Waals surface area contributed by atoms with Crippen LogP contribution in [0.1, 0.15) is 16.6 Å². The summed E-state index contributed by atoms with van der Waals surface area (Å²) < 4.78 is 5.25. The lowest BCUT2D eigenvalue weighted by atomic mass is 10.4. The Morgan fingerprint density at radius 3 is 3.00 bits per heavy atom. The first kappa shape index (κ1) is 12.7. The lowest BCUT2D eigenvalue weighted by molar-refractivity contribution is 0.0931. The minimum atomic E-state index is -0.147. The lowest BCUT2D eigenvalue weighted by Crippen LogP contribution is -2.27. The number of rotatable bonds is 6. The van der Waals surface area contributed by atoms with Crippen molar-refractivity contribution in [3.8, 4) is 0 Å². The first-order valence-corrected chi connectivity index (χ1v) is 5.82. The Morgan fingerprint density at radius 1 is 1.69 bits per heavy atom. The van der Waals surface area contributed by atoms with Gasteiger partial charge in [-0.15, -0.1) is 11.3 Å². The van der Waals surface area contributed by atoms with Gasteiger partial charge < -0.3 is 15.8 Å². The normalized spacial score (nSPS) is 10.1. The molecule has 5 heteroatoms. The zero-order chi connectivity index (χ0) is 12.0. The molecule has 1 rings (SSSR count). The number of carbonyl (C=O) groups is 1. The summed E-state index contributed by atoms with van der Waals surface area (Å²) in [5.74, 6) is -0.147. The topological polar surface area (TPSA) is 64.3 Å². The van der Waals surface area contributed by atoms with Gasteiger partial charge in [-0.05, 0) is 18.4 Å². The molecule has 0 saturated carbocycles. The SMILES string of the molecule is C=C(C)COCCNC(=O)c1sccc1N. The van der Waals surface area contributed by atoms with E-state index >= 15 is 0 Å². The van der Waals surface area contributed by atoms with Crippen molar-refractivity contribution in [1.29, 1.82) is 0 Å². The van der Waals surface area contributed by atoms with Crippen LogP contribution >= 0.6 is 11.3 Å². The van der Waals surface area contributed by atoms with Gasteiger partial charge in [0, 0.05) is 6.54 Å². The van der Waals surface area contributed by atoms with Crippen molar-refractivity contribution in [1.82, 2.24) is 5.32 Å². The van der Waals surface area contributed by atoms with Crippen LogP contribution in [0.5, 0.6) is 0 Å². The molecule has 0 saturated heterocycles. The molecule has 0 aliphatic heterocycles. The second-order valence-electron chi connectivity index (χ2n) is 3.47. The highest BCUT2D eigenvalue weighted by molar-refractivity contribution is 7.12. The Kier molecular flexibility index (Phi) is 5.01. The number of anilines is 1. The fraction of sp³-hybridized carbons (Fsp3) is 0.364. The predicted octanol–water partition coefficient (Wildman–Crippen LogP) is 1.65. The Morgan fingerprint density at radius 2 is 2.44 bits per heavy atom. The van der Waals surface area contributed by atoms with E-state index in [-0.39, 0.29) is 5.91 Å². The highest BCUT2D eigenvalue weighted by Gasteiger charge is 2.09. The van der Waals surface area contributed by atoms with Gasteiger partial charge in [0.05, 0.1) is 18.9 Å². The molecule has 1 heterocycles. The maximum Gasteiger partial charge on any atom is 0.263 e. The molecule has 0 aliphatic carbocycles. The molecule has 16 heavy (non-hydrogen) atoms. The maximum absolute atomic E-state index is 11.6. The summed E-state index contributed by atoms with van der Waals surface area (Å²) in [4.78, 5) is 12.1. The van der Waals surface area contributed by atoms with E-state index in [2.05, 4.69) is 11.9 Å². The van der Waals surface area contributed by atoms with Crippen molar-refractivity contribution >= 4 is 22.9 Å². The molecule has 88 valence electrons. The van der Waals surface area contributed by atoms with Crippen molar-refractivity contribution in [3.05, 3.63) is 28.5 Å². The third-order valence-electron chi connectivity index (χ3n) is 1.78. The molecule has 4 nitrogen and oxygen atoms in total. The number of nitrogens with two attached hydrogens (primary N) is 1. The molecule has 0 aromatic carbocycles. The summed E-state index contributed by atoms with van der Waals surface area (Å²) in [7, 11) is 0. The summed E-state index contributed by atoms with van der Waals surface area (Å²) in [6.45, 7) is 7.08. The van der Waals surface area contributed by atoms with Crippen LogP contribution < -0.4 is 11.1 Å². The van der Waals surface area contributed by atoms with Crippen LogP contribution in [0.2, 0.25) is 0 Å². The van der Waals surface area contributed by atoms with Crippen LogP contribution in [-0.2, 0) is 4.74 Å². The van der Waals surface area contributed by atoms with Crippen LogP contribution in [0.15, 0.2) is 23.6 Å². The minimum absolute atomic E-state index is 0.147. The number of ether oxygens (including phenoxy) is 1. The first-order chi connectivity index (χ1) is 7.61. The van der Waals surface area contributed by atoms with Crippen molar-refractivity contribution in [2.24, 2.45) is 0 Å². The minimum Gasteiger partial charge on any atom is -0.397 e. The van der Waals surface area contributed by atoms with Crippen molar-refractivity contribution in [3.63, 3.8) is 0 Å². The van der Waals surface area contributed by atoms with Gasteiger partial charge >= 0.3 is 0 Å². The van der Waals surface area contributed by atoms with Gasteiger partial charge in [0.15, 0.2) is 0 Å². The summed E-state index contributed by atoms with van der Waals surface area (Å²) in [6, 6.07) is 1.72. The summed E-state index contributed by atoms with van der Waals surface area (Å²) in [5, 5.41) is 4.53. The predicted molar refractivity (Wildman–Crippen MR) is 66.7 cm³/mol. The first-order valence-electron chi connectivity index (χ1n) is 4.94. The van der Waals surface area contributed by atoms with Crippen molar-refractivity contribution in [2.75, 3.05) is 25.5 Å². The van der Waals surface area contributed by atoms with Gasteiger partial charge in [0.1, 0.15) is 4.88 Å². The highest BCUT2D eigenvalue weighted by Crippen LogP contribution is 2.17. The summed E-state index contributed by atoms with van der Waals surface area (Å²) >= 11 is 1.33. The number of thiophene rings is 1. The van der Waals surface area contributed by atoms with E-state index < -0.39 is 0 Å². The van der Waals surface area contributed by atoms with E-state index in [1.165, 1.54) is 11.3 Å². The van der Waals surface area contributed by atoms with E-state index in [1.807, 2.05) is 6.92 Å². The van der Waals surface area contributed by atoms with Crippen LogP contribution in [0, 0.1) is 0 Å². The molecule has 0 fully saturated rings. The molecule has 1 aromatic heterocycles. The summed E-state index contributed by atoms with van der Waals surface area (Å²) in [6.07, 6.45) is 0. The molecule has 0 aliphatic rings. The zero-order valence-corrected chi connectivity index (χ0v) is 10.1. The van der Waals surface area contributed by atoms with Crippen LogP contribution in [0.25, 0.3) is 0 Å². The number of nitrogens with one attached hydrogen (secondary N) is 1. The molecule has 0 unspecified atom stereocenters. The number of hydrogen-bond donors (Lipinski definition) is 2. The Hall–Kier alpha value is -1.33. The third-order valence-corrected chi connectivity index (χ3v) is 2.71. The number of hydrogen-bond acceptors (Lipinski definition) is 4. The zero-order valence-electron chi connectivity index (χ0n) is 9.29. The maximum atomic E-state index is 11.6. The van der Waals surface area contributed by atoms with E-state index in [9.17, 15) is 4.79 Å². The van der Waals surface area contributed by atoms with E-state index in [0.29, 0.717) is 30.3 Å². The number of amides is 1. The molecular weight excluding hydrogens is 224 g/mol. The monoisotopic (exact) mass is 240 g/mol. The van der Waals surface area contributed by atoms with Gasteiger partial charge in [0.2, 0.25) is 0 Å². The van der Waals surface area contributed by atoms with Gasteiger partial charge in [-0.3, -0.25) is 4.79 Å². The lowest BCUT2D eigenvalue weighted by Gasteiger charge is -2.05. The summed E-state index contributed by atoms with van der Waals surface area (Å²) in [5.41, 5.74) is 7.10. The molecule has 0 bridgehead atoms. The second kappa shape index (κ2) is 6.30. The third kappa shape index (κ3) is 4.04. The molecule has 0 spiro atoms. The molecular formula is C11H16N2O2S. The fourth-order valence-electron chi connectivity index (χ4n) is 1.07. The highest BCUT2D eigenvalue weighted by atomic mass is 32.1. The quantitative estimate of drug-likeness (QED) is 0.587.